The molecule has 4 rings (SSSR count). The molecule has 1 amide bonds. The minimum atomic E-state index is 0.0743. The SMILES string of the molecule is O=C(C1CC2CCCCC2N1)N1CCC(COc2ccccc2)CC1. The van der Waals surface area contributed by atoms with E-state index in [2.05, 4.69) is 10.2 Å². The average Bonchev–Trinajstić information content (AvgIpc) is 3.11. The third-order valence-corrected chi connectivity index (χ3v) is 6.32. The number of rotatable bonds is 4. The van der Waals surface area contributed by atoms with Gasteiger partial charge in [-0.2, -0.15) is 0 Å². The van der Waals surface area contributed by atoms with Crippen LogP contribution >= 0.6 is 0 Å². The van der Waals surface area contributed by atoms with Crippen LogP contribution in [0.3, 0.4) is 0 Å². The molecule has 2 heterocycles. The number of carbonyl (C=O) groups is 1. The molecule has 0 spiro atoms. The van der Waals surface area contributed by atoms with Gasteiger partial charge in [0.05, 0.1) is 12.6 Å². The van der Waals surface area contributed by atoms with Crippen molar-refractivity contribution in [3.63, 3.8) is 0 Å². The van der Waals surface area contributed by atoms with Crippen molar-refractivity contribution in [2.24, 2.45) is 11.8 Å². The van der Waals surface area contributed by atoms with Crippen LogP contribution in [0, 0.1) is 11.8 Å². The second-order valence-corrected chi connectivity index (χ2v) is 8.00. The van der Waals surface area contributed by atoms with E-state index in [0.717, 1.165) is 50.6 Å². The van der Waals surface area contributed by atoms with E-state index in [1.807, 2.05) is 30.3 Å². The molecule has 4 heteroatoms. The normalized spacial score (nSPS) is 30.1. The molecule has 136 valence electrons. The summed E-state index contributed by atoms with van der Waals surface area (Å²) in [5.41, 5.74) is 0. The summed E-state index contributed by atoms with van der Waals surface area (Å²) in [6.45, 7) is 2.53. The van der Waals surface area contributed by atoms with Crippen molar-refractivity contribution in [1.82, 2.24) is 10.2 Å². The van der Waals surface area contributed by atoms with Gasteiger partial charge in [0.2, 0.25) is 5.91 Å². The van der Waals surface area contributed by atoms with E-state index < -0.39 is 0 Å². The van der Waals surface area contributed by atoms with Crippen molar-refractivity contribution in [2.45, 2.75) is 57.0 Å². The Kier molecular flexibility index (Phi) is 5.25. The predicted molar refractivity (Wildman–Crippen MR) is 98.5 cm³/mol. The molecule has 0 aromatic heterocycles. The van der Waals surface area contributed by atoms with Crippen molar-refractivity contribution < 1.29 is 9.53 Å². The second kappa shape index (κ2) is 7.77. The van der Waals surface area contributed by atoms with Gasteiger partial charge in [0.15, 0.2) is 0 Å². The lowest BCUT2D eigenvalue weighted by Crippen LogP contribution is -2.48. The van der Waals surface area contributed by atoms with Gasteiger partial charge < -0.3 is 15.0 Å². The number of benzene rings is 1. The number of nitrogens with zero attached hydrogens (tertiary/aromatic N) is 1. The summed E-state index contributed by atoms with van der Waals surface area (Å²) in [7, 11) is 0. The smallest absolute Gasteiger partial charge is 0.239 e. The van der Waals surface area contributed by atoms with Crippen LogP contribution in [-0.2, 0) is 4.79 Å². The van der Waals surface area contributed by atoms with Gasteiger partial charge in [0.25, 0.3) is 0 Å². The lowest BCUT2D eigenvalue weighted by molar-refractivity contribution is -0.134. The average molecular weight is 342 g/mol. The Morgan fingerprint density at radius 1 is 1.08 bits per heavy atom. The Bertz CT molecular complexity index is 555. The molecule has 2 aliphatic heterocycles. The number of nitrogens with one attached hydrogen (secondary N) is 1. The third kappa shape index (κ3) is 4.00. The highest BCUT2D eigenvalue weighted by molar-refractivity contribution is 5.82. The van der Waals surface area contributed by atoms with E-state index in [9.17, 15) is 4.79 Å². The third-order valence-electron chi connectivity index (χ3n) is 6.32. The summed E-state index contributed by atoms with van der Waals surface area (Å²) in [6, 6.07) is 10.7. The first-order chi connectivity index (χ1) is 12.3. The number of fused-ring (bicyclic) bond motifs is 1. The minimum Gasteiger partial charge on any atom is -0.493 e. The van der Waals surface area contributed by atoms with Crippen LogP contribution in [0.25, 0.3) is 0 Å². The Hall–Kier alpha value is -1.55. The van der Waals surface area contributed by atoms with E-state index in [1.54, 1.807) is 0 Å². The van der Waals surface area contributed by atoms with Gasteiger partial charge in [-0.05, 0) is 56.1 Å². The van der Waals surface area contributed by atoms with Crippen molar-refractivity contribution in [2.75, 3.05) is 19.7 Å². The molecule has 0 radical (unpaired) electrons. The van der Waals surface area contributed by atoms with Crippen molar-refractivity contribution in [3.05, 3.63) is 30.3 Å². The first-order valence-corrected chi connectivity index (χ1v) is 10.0. The summed E-state index contributed by atoms with van der Waals surface area (Å²) in [5, 5.41) is 3.63. The van der Waals surface area contributed by atoms with Gasteiger partial charge in [0, 0.05) is 19.1 Å². The van der Waals surface area contributed by atoms with E-state index in [4.69, 9.17) is 4.74 Å². The fraction of sp³-hybridized carbons (Fsp3) is 0.667. The van der Waals surface area contributed by atoms with E-state index in [-0.39, 0.29) is 6.04 Å². The number of ether oxygens (including phenoxy) is 1. The highest BCUT2D eigenvalue weighted by Gasteiger charge is 2.40. The molecule has 0 bridgehead atoms. The fourth-order valence-corrected chi connectivity index (χ4v) is 4.78. The summed E-state index contributed by atoms with van der Waals surface area (Å²) < 4.78 is 5.89. The van der Waals surface area contributed by atoms with Gasteiger partial charge >= 0.3 is 0 Å². The van der Waals surface area contributed by atoms with Crippen LogP contribution in [-0.4, -0.2) is 42.6 Å². The first-order valence-electron chi connectivity index (χ1n) is 10.0. The number of likely N-dealkylation sites (tertiary alicyclic amines) is 1. The van der Waals surface area contributed by atoms with E-state index in [1.165, 1.54) is 25.7 Å². The van der Waals surface area contributed by atoms with Gasteiger partial charge in [-0.25, -0.2) is 0 Å². The monoisotopic (exact) mass is 342 g/mol. The predicted octanol–water partition coefficient (Wildman–Crippen LogP) is 3.22. The maximum atomic E-state index is 12.9. The quantitative estimate of drug-likeness (QED) is 0.913. The van der Waals surface area contributed by atoms with Crippen LogP contribution < -0.4 is 10.1 Å². The maximum Gasteiger partial charge on any atom is 0.239 e. The summed E-state index contributed by atoms with van der Waals surface area (Å²) in [6.07, 6.45) is 8.39. The molecule has 2 saturated heterocycles. The van der Waals surface area contributed by atoms with Crippen molar-refractivity contribution in [3.8, 4) is 5.75 Å². The maximum absolute atomic E-state index is 12.9. The zero-order valence-corrected chi connectivity index (χ0v) is 15.0. The van der Waals surface area contributed by atoms with Crippen molar-refractivity contribution >= 4 is 5.91 Å². The molecule has 1 aliphatic carbocycles. The van der Waals surface area contributed by atoms with Gasteiger partial charge in [-0.1, -0.05) is 31.0 Å². The number of hydrogen-bond donors (Lipinski definition) is 1. The molecule has 1 N–H and O–H groups in total. The minimum absolute atomic E-state index is 0.0743. The standard InChI is InChI=1S/C21H30N2O2/c24-21(20-14-17-6-4-5-9-19(17)22-20)23-12-10-16(11-13-23)15-25-18-7-2-1-3-8-18/h1-3,7-8,16-17,19-20,22H,4-6,9-15H2. The molecular weight excluding hydrogens is 312 g/mol. The van der Waals surface area contributed by atoms with Gasteiger partial charge in [-0.15, -0.1) is 0 Å². The zero-order chi connectivity index (χ0) is 17.1. The molecule has 3 aliphatic rings. The molecular formula is C21H30N2O2. The number of hydrogen-bond acceptors (Lipinski definition) is 3. The number of amides is 1. The molecule has 25 heavy (non-hydrogen) atoms. The Labute approximate surface area is 150 Å². The molecule has 1 aromatic carbocycles. The highest BCUT2D eigenvalue weighted by Crippen LogP contribution is 2.34. The molecule has 4 nitrogen and oxygen atoms in total. The number of piperidine rings is 1. The topological polar surface area (TPSA) is 41.6 Å². The lowest BCUT2D eigenvalue weighted by Gasteiger charge is -2.33. The number of para-hydroxylation sites is 1. The Balaban J connectivity index is 1.22. The van der Waals surface area contributed by atoms with Gasteiger partial charge in [-0.3, -0.25) is 4.79 Å². The van der Waals surface area contributed by atoms with Crippen LogP contribution in [0.1, 0.15) is 44.9 Å². The van der Waals surface area contributed by atoms with Crippen LogP contribution in [0.2, 0.25) is 0 Å². The molecule has 3 fully saturated rings. The summed E-state index contributed by atoms with van der Waals surface area (Å²) >= 11 is 0. The Morgan fingerprint density at radius 3 is 2.60 bits per heavy atom. The summed E-state index contributed by atoms with van der Waals surface area (Å²) in [5.74, 6) is 2.58. The first kappa shape index (κ1) is 16.9. The van der Waals surface area contributed by atoms with E-state index >= 15 is 0 Å². The lowest BCUT2D eigenvalue weighted by atomic mass is 9.85. The fourth-order valence-electron chi connectivity index (χ4n) is 4.78. The number of carbonyl (C=O) groups excluding carboxylic acids is 1. The van der Waals surface area contributed by atoms with Crippen LogP contribution in [0.15, 0.2) is 30.3 Å². The molecule has 1 aromatic rings. The molecule has 3 unspecified atom stereocenters. The van der Waals surface area contributed by atoms with Crippen LogP contribution in [0.5, 0.6) is 5.75 Å². The molecule has 1 saturated carbocycles. The Morgan fingerprint density at radius 2 is 1.84 bits per heavy atom. The summed E-state index contributed by atoms with van der Waals surface area (Å²) in [4.78, 5) is 15.0. The molecule has 3 atom stereocenters. The van der Waals surface area contributed by atoms with Crippen molar-refractivity contribution in [1.29, 1.82) is 0 Å². The van der Waals surface area contributed by atoms with Gasteiger partial charge in [0.1, 0.15) is 5.75 Å². The highest BCUT2D eigenvalue weighted by atomic mass is 16.5. The second-order valence-electron chi connectivity index (χ2n) is 8.00. The largest absolute Gasteiger partial charge is 0.493 e. The van der Waals surface area contributed by atoms with Crippen LogP contribution in [0.4, 0.5) is 0 Å². The van der Waals surface area contributed by atoms with E-state index in [0.29, 0.717) is 17.9 Å². The zero-order valence-electron chi connectivity index (χ0n) is 15.0.